The molecule has 0 saturated carbocycles. The number of halogens is 2. The van der Waals surface area contributed by atoms with E-state index in [1.807, 2.05) is 49.4 Å². The molecular formula is C29H26Cl2N2O3. The van der Waals surface area contributed by atoms with E-state index in [-0.39, 0.29) is 5.97 Å². The third-order valence-corrected chi connectivity index (χ3v) is 6.40. The Morgan fingerprint density at radius 2 is 1.61 bits per heavy atom. The summed E-state index contributed by atoms with van der Waals surface area (Å²) in [5.74, 6) is -0.369. The summed E-state index contributed by atoms with van der Waals surface area (Å²) < 4.78 is 6.49. The molecule has 1 heterocycles. The van der Waals surface area contributed by atoms with Gasteiger partial charge < -0.3 is 9.84 Å². The lowest BCUT2D eigenvalue weighted by Crippen LogP contribution is -2.16. The first-order valence-electron chi connectivity index (χ1n) is 11.3. The van der Waals surface area contributed by atoms with Gasteiger partial charge in [-0.05, 0) is 67.8 Å². The van der Waals surface area contributed by atoms with Crippen LogP contribution in [-0.2, 0) is 10.3 Å². The van der Waals surface area contributed by atoms with Crippen LogP contribution in [0.5, 0.6) is 0 Å². The Morgan fingerprint density at radius 1 is 0.972 bits per heavy atom. The lowest BCUT2D eigenvalue weighted by atomic mass is 9.99. The molecule has 0 spiro atoms. The maximum absolute atomic E-state index is 11.8. The molecule has 36 heavy (non-hydrogen) atoms. The second-order valence-electron chi connectivity index (χ2n) is 8.98. The van der Waals surface area contributed by atoms with E-state index in [1.165, 1.54) is 7.11 Å². The molecule has 0 radical (unpaired) electrons. The molecule has 0 fully saturated rings. The summed E-state index contributed by atoms with van der Waals surface area (Å²) in [6, 6.07) is 20.5. The van der Waals surface area contributed by atoms with E-state index in [0.29, 0.717) is 27.0 Å². The number of ether oxygens (including phenoxy) is 1. The van der Waals surface area contributed by atoms with Crippen LogP contribution in [0.1, 0.15) is 46.6 Å². The van der Waals surface area contributed by atoms with Crippen molar-refractivity contribution in [2.45, 2.75) is 26.4 Å². The van der Waals surface area contributed by atoms with E-state index in [9.17, 15) is 9.90 Å². The van der Waals surface area contributed by atoms with Crippen LogP contribution in [0.4, 0.5) is 0 Å². The number of aryl methyl sites for hydroxylation is 1. The fourth-order valence-corrected chi connectivity index (χ4v) is 4.45. The SMILES string of the molecule is COC(=O)c1cccc(/C=C/c2ccc(-c3cc(C(C)(C)O)nn3-c3c(Cl)cccc3Cl)c(C)c2)c1. The maximum atomic E-state index is 11.8. The molecule has 0 unspecified atom stereocenters. The smallest absolute Gasteiger partial charge is 0.337 e. The molecule has 7 heteroatoms. The van der Waals surface area contributed by atoms with Crippen molar-refractivity contribution in [1.82, 2.24) is 9.78 Å². The minimum atomic E-state index is -1.15. The van der Waals surface area contributed by atoms with Crippen LogP contribution in [0, 0.1) is 6.92 Å². The largest absolute Gasteiger partial charge is 0.465 e. The average molecular weight is 521 g/mol. The molecule has 1 aromatic heterocycles. The first kappa shape index (κ1) is 25.7. The highest BCUT2D eigenvalue weighted by atomic mass is 35.5. The molecule has 4 aromatic rings. The van der Waals surface area contributed by atoms with Crippen LogP contribution < -0.4 is 0 Å². The molecule has 4 rings (SSSR count). The predicted molar refractivity (Wildman–Crippen MR) is 146 cm³/mol. The van der Waals surface area contributed by atoms with Crippen molar-refractivity contribution in [3.8, 4) is 16.9 Å². The fourth-order valence-electron chi connectivity index (χ4n) is 3.89. The van der Waals surface area contributed by atoms with E-state index in [4.69, 9.17) is 27.9 Å². The number of carbonyl (C=O) groups excluding carboxylic acids is 1. The van der Waals surface area contributed by atoms with E-state index >= 15 is 0 Å². The number of aliphatic hydroxyl groups is 1. The molecule has 5 nitrogen and oxygen atoms in total. The van der Waals surface area contributed by atoms with Gasteiger partial charge >= 0.3 is 5.97 Å². The molecule has 0 amide bonds. The number of nitrogens with zero attached hydrogens (tertiary/aromatic N) is 2. The summed E-state index contributed by atoms with van der Waals surface area (Å²) in [7, 11) is 1.37. The van der Waals surface area contributed by atoms with E-state index < -0.39 is 5.60 Å². The average Bonchev–Trinajstić information content (AvgIpc) is 3.27. The Morgan fingerprint density at radius 3 is 2.22 bits per heavy atom. The Labute approximate surface area is 220 Å². The van der Waals surface area contributed by atoms with Crippen LogP contribution >= 0.6 is 23.2 Å². The molecule has 184 valence electrons. The molecular weight excluding hydrogens is 495 g/mol. The zero-order valence-electron chi connectivity index (χ0n) is 20.4. The molecule has 1 N–H and O–H groups in total. The second-order valence-corrected chi connectivity index (χ2v) is 9.80. The van der Waals surface area contributed by atoms with Gasteiger partial charge in [-0.2, -0.15) is 5.10 Å². The Hall–Kier alpha value is -3.38. The van der Waals surface area contributed by atoms with Gasteiger partial charge in [0, 0.05) is 5.56 Å². The molecule has 3 aromatic carbocycles. The zero-order valence-corrected chi connectivity index (χ0v) is 21.9. The Kier molecular flexibility index (Phi) is 7.36. The van der Waals surface area contributed by atoms with Crippen LogP contribution in [0.3, 0.4) is 0 Å². The van der Waals surface area contributed by atoms with Gasteiger partial charge in [-0.25, -0.2) is 9.48 Å². The normalized spacial score (nSPS) is 11.8. The van der Waals surface area contributed by atoms with Gasteiger partial charge in [0.1, 0.15) is 11.3 Å². The summed E-state index contributed by atoms with van der Waals surface area (Å²) in [5, 5.41) is 16.2. The number of rotatable bonds is 6. The first-order valence-corrected chi connectivity index (χ1v) is 12.1. The van der Waals surface area contributed by atoms with Crippen molar-refractivity contribution in [3.05, 3.63) is 105 Å². The van der Waals surface area contributed by atoms with Crippen molar-refractivity contribution in [2.75, 3.05) is 7.11 Å². The summed E-state index contributed by atoms with van der Waals surface area (Å²) in [6.45, 7) is 5.39. The predicted octanol–water partition coefficient (Wildman–Crippen LogP) is 7.34. The molecule has 0 aliphatic carbocycles. The third kappa shape index (κ3) is 5.39. The van der Waals surface area contributed by atoms with E-state index in [1.54, 1.807) is 48.9 Å². The molecule has 0 atom stereocenters. The number of methoxy groups -OCH3 is 1. The fraction of sp³-hybridized carbons (Fsp3) is 0.172. The number of benzene rings is 3. The quantitative estimate of drug-likeness (QED) is 0.213. The first-order chi connectivity index (χ1) is 17.1. The van der Waals surface area contributed by atoms with Crippen LogP contribution in [-0.4, -0.2) is 28.0 Å². The highest BCUT2D eigenvalue weighted by molar-refractivity contribution is 6.37. The zero-order chi connectivity index (χ0) is 26.0. The molecule has 0 aliphatic rings. The van der Waals surface area contributed by atoms with Crippen molar-refractivity contribution in [1.29, 1.82) is 0 Å². The summed E-state index contributed by atoms with van der Waals surface area (Å²) in [6.07, 6.45) is 3.93. The Balaban J connectivity index is 1.74. The summed E-state index contributed by atoms with van der Waals surface area (Å²) in [4.78, 5) is 11.8. The number of carbonyl (C=O) groups is 1. The van der Waals surface area contributed by atoms with Crippen molar-refractivity contribution in [3.63, 3.8) is 0 Å². The number of esters is 1. The minimum Gasteiger partial charge on any atom is -0.465 e. The van der Waals surface area contributed by atoms with Crippen LogP contribution in [0.25, 0.3) is 29.1 Å². The Bertz CT molecular complexity index is 1450. The van der Waals surface area contributed by atoms with Crippen molar-refractivity contribution in [2.24, 2.45) is 0 Å². The second kappa shape index (κ2) is 10.3. The molecule has 0 aliphatic heterocycles. The molecule has 0 saturated heterocycles. The van der Waals surface area contributed by atoms with Gasteiger partial charge in [-0.1, -0.05) is 71.8 Å². The minimum absolute atomic E-state index is 0.369. The van der Waals surface area contributed by atoms with E-state index in [2.05, 4.69) is 11.2 Å². The van der Waals surface area contributed by atoms with Gasteiger partial charge in [-0.15, -0.1) is 0 Å². The maximum Gasteiger partial charge on any atom is 0.337 e. The standard InChI is InChI=1S/C29H26Cl2N2O3/c1-18-15-20(12-11-19-7-5-8-21(16-19)28(34)36-4)13-14-22(18)25-17-26(29(2,3)35)32-33(25)27-23(30)9-6-10-24(27)31/h5-17,35H,1-4H3/b12-11+. The highest BCUT2D eigenvalue weighted by Crippen LogP contribution is 2.36. The van der Waals surface area contributed by atoms with Crippen molar-refractivity contribution >= 4 is 41.3 Å². The lowest BCUT2D eigenvalue weighted by Gasteiger charge is -2.14. The van der Waals surface area contributed by atoms with Gasteiger partial charge in [-0.3, -0.25) is 0 Å². The van der Waals surface area contributed by atoms with Gasteiger partial charge in [0.15, 0.2) is 0 Å². The number of hydrogen-bond acceptors (Lipinski definition) is 4. The number of para-hydroxylation sites is 1. The monoisotopic (exact) mass is 520 g/mol. The topological polar surface area (TPSA) is 64.3 Å². The van der Waals surface area contributed by atoms with Crippen LogP contribution in [0.2, 0.25) is 10.0 Å². The number of hydrogen-bond donors (Lipinski definition) is 1. The van der Waals surface area contributed by atoms with E-state index in [0.717, 1.165) is 27.9 Å². The number of aromatic nitrogens is 2. The third-order valence-electron chi connectivity index (χ3n) is 5.79. The van der Waals surface area contributed by atoms with Gasteiger partial charge in [0.05, 0.1) is 34.1 Å². The van der Waals surface area contributed by atoms with Gasteiger partial charge in [0.25, 0.3) is 0 Å². The van der Waals surface area contributed by atoms with Crippen molar-refractivity contribution < 1.29 is 14.6 Å². The summed E-state index contributed by atoms with van der Waals surface area (Å²) in [5.41, 5.74) is 4.99. The highest BCUT2D eigenvalue weighted by Gasteiger charge is 2.25. The summed E-state index contributed by atoms with van der Waals surface area (Å²) >= 11 is 13.0. The lowest BCUT2D eigenvalue weighted by molar-refractivity contribution is 0.0600. The van der Waals surface area contributed by atoms with Gasteiger partial charge in [0.2, 0.25) is 0 Å². The molecule has 0 bridgehead atoms. The van der Waals surface area contributed by atoms with Crippen LogP contribution in [0.15, 0.2) is 66.7 Å².